The van der Waals surface area contributed by atoms with Crippen molar-refractivity contribution in [3.63, 3.8) is 0 Å². The molecule has 5 rings (SSSR count). The predicted molar refractivity (Wildman–Crippen MR) is 121 cm³/mol. The van der Waals surface area contributed by atoms with Gasteiger partial charge in [0.1, 0.15) is 11.8 Å². The Kier molecular flexibility index (Phi) is 5.46. The van der Waals surface area contributed by atoms with Crippen LogP contribution in [0.3, 0.4) is 0 Å². The minimum Gasteiger partial charge on any atom is -0.353 e. The molecular formula is C23H27N7O. The molecule has 0 bridgehead atoms. The standard InChI is InChI=1S/C22H23N7O.CH4/c1-15-3-5-16(6-4-15)8-23-22(30)19-11-28(12-19)21-20-7-17(13-29(20)26-14-24-21)18-9-25-27(2)10-18;/h3-7,9-10,13-14,19H,8,11-12H2,1-2H3,(H,23,30);1H4. The van der Waals surface area contributed by atoms with E-state index in [1.54, 1.807) is 11.0 Å². The molecule has 31 heavy (non-hydrogen) atoms. The van der Waals surface area contributed by atoms with Gasteiger partial charge < -0.3 is 10.2 Å². The number of carbonyl (C=O) groups is 1. The van der Waals surface area contributed by atoms with E-state index in [9.17, 15) is 4.79 Å². The molecule has 8 heteroatoms. The molecular weight excluding hydrogens is 390 g/mol. The van der Waals surface area contributed by atoms with E-state index in [0.717, 1.165) is 28.0 Å². The quantitative estimate of drug-likeness (QED) is 0.540. The van der Waals surface area contributed by atoms with E-state index < -0.39 is 0 Å². The molecule has 4 heterocycles. The van der Waals surface area contributed by atoms with E-state index in [-0.39, 0.29) is 19.3 Å². The zero-order valence-corrected chi connectivity index (χ0v) is 17.0. The van der Waals surface area contributed by atoms with Crippen LogP contribution < -0.4 is 10.2 Å². The molecule has 1 N–H and O–H groups in total. The second-order valence-corrected chi connectivity index (χ2v) is 7.85. The fourth-order valence-corrected chi connectivity index (χ4v) is 3.75. The van der Waals surface area contributed by atoms with Crippen molar-refractivity contribution in [2.45, 2.75) is 20.9 Å². The summed E-state index contributed by atoms with van der Waals surface area (Å²) in [6.07, 6.45) is 7.34. The average Bonchev–Trinajstić information content (AvgIpc) is 3.33. The maximum absolute atomic E-state index is 12.5. The summed E-state index contributed by atoms with van der Waals surface area (Å²) in [6, 6.07) is 10.3. The van der Waals surface area contributed by atoms with Crippen LogP contribution in [0.5, 0.6) is 0 Å². The number of benzene rings is 1. The van der Waals surface area contributed by atoms with Crippen molar-refractivity contribution in [1.29, 1.82) is 0 Å². The summed E-state index contributed by atoms with van der Waals surface area (Å²) in [5.41, 5.74) is 5.32. The Morgan fingerprint density at radius 3 is 2.61 bits per heavy atom. The number of aromatic nitrogens is 5. The normalized spacial score (nSPS) is 13.7. The minimum atomic E-state index is -0.0294. The molecule has 8 nitrogen and oxygen atoms in total. The molecule has 4 aromatic rings. The molecule has 0 saturated carbocycles. The van der Waals surface area contributed by atoms with Crippen LogP contribution >= 0.6 is 0 Å². The number of hydrogen-bond acceptors (Lipinski definition) is 5. The van der Waals surface area contributed by atoms with Gasteiger partial charge in [-0.05, 0) is 18.6 Å². The Labute approximate surface area is 181 Å². The number of anilines is 1. The molecule has 1 saturated heterocycles. The van der Waals surface area contributed by atoms with Crippen molar-refractivity contribution < 1.29 is 4.79 Å². The van der Waals surface area contributed by atoms with Crippen molar-refractivity contribution >= 4 is 17.2 Å². The summed E-state index contributed by atoms with van der Waals surface area (Å²) in [5, 5.41) is 11.6. The van der Waals surface area contributed by atoms with Gasteiger partial charge in [-0.25, -0.2) is 9.50 Å². The van der Waals surface area contributed by atoms with E-state index in [1.807, 2.05) is 42.3 Å². The number of nitrogens with one attached hydrogen (secondary N) is 1. The van der Waals surface area contributed by atoms with Gasteiger partial charge in [-0.3, -0.25) is 9.48 Å². The van der Waals surface area contributed by atoms with Crippen LogP contribution in [0.25, 0.3) is 16.6 Å². The molecule has 0 spiro atoms. The summed E-state index contributed by atoms with van der Waals surface area (Å²) in [6.45, 7) is 3.92. The fraction of sp³-hybridized carbons (Fsp3) is 0.304. The molecule has 3 aromatic heterocycles. The molecule has 1 amide bonds. The molecule has 0 aliphatic carbocycles. The molecule has 1 aromatic carbocycles. The van der Waals surface area contributed by atoms with Crippen LogP contribution in [0, 0.1) is 12.8 Å². The van der Waals surface area contributed by atoms with Crippen molar-refractivity contribution in [2.24, 2.45) is 13.0 Å². The highest BCUT2D eigenvalue weighted by atomic mass is 16.2. The largest absolute Gasteiger partial charge is 0.353 e. The summed E-state index contributed by atoms with van der Waals surface area (Å²) in [4.78, 5) is 19.1. The van der Waals surface area contributed by atoms with E-state index in [0.29, 0.717) is 19.6 Å². The van der Waals surface area contributed by atoms with Gasteiger partial charge in [0.25, 0.3) is 0 Å². The van der Waals surface area contributed by atoms with Gasteiger partial charge in [-0.2, -0.15) is 10.2 Å². The third kappa shape index (κ3) is 4.01. The van der Waals surface area contributed by atoms with Gasteiger partial charge in [-0.1, -0.05) is 37.3 Å². The van der Waals surface area contributed by atoms with Gasteiger partial charge in [0, 0.05) is 50.2 Å². The second kappa shape index (κ2) is 8.22. The van der Waals surface area contributed by atoms with E-state index >= 15 is 0 Å². The lowest BCUT2D eigenvalue weighted by atomic mass is 9.99. The lowest BCUT2D eigenvalue weighted by molar-refractivity contribution is -0.125. The van der Waals surface area contributed by atoms with Crippen LogP contribution in [0.4, 0.5) is 5.82 Å². The van der Waals surface area contributed by atoms with Crippen molar-refractivity contribution in [3.05, 3.63) is 66.4 Å². The second-order valence-electron chi connectivity index (χ2n) is 7.85. The summed E-state index contributed by atoms with van der Waals surface area (Å²) < 4.78 is 3.61. The summed E-state index contributed by atoms with van der Waals surface area (Å²) >= 11 is 0. The third-order valence-electron chi connectivity index (χ3n) is 5.56. The maximum atomic E-state index is 12.5. The zero-order valence-electron chi connectivity index (χ0n) is 17.0. The first-order valence-corrected chi connectivity index (χ1v) is 9.97. The Bertz CT molecular complexity index is 1200. The van der Waals surface area contributed by atoms with E-state index in [2.05, 4.69) is 50.5 Å². The number of rotatable bonds is 5. The molecule has 0 atom stereocenters. The lowest BCUT2D eigenvalue weighted by Gasteiger charge is -2.39. The van der Waals surface area contributed by atoms with Gasteiger partial charge in [0.05, 0.1) is 12.1 Å². The van der Waals surface area contributed by atoms with Crippen molar-refractivity contribution in [2.75, 3.05) is 18.0 Å². The fourth-order valence-electron chi connectivity index (χ4n) is 3.75. The summed E-state index contributed by atoms with van der Waals surface area (Å²) in [5.74, 6) is 0.907. The SMILES string of the molecule is C.Cc1ccc(CNC(=O)C2CN(c3ncnn4cc(-c5cnn(C)c5)cc34)C2)cc1. The lowest BCUT2D eigenvalue weighted by Crippen LogP contribution is -2.54. The number of hydrogen-bond donors (Lipinski definition) is 1. The average molecular weight is 418 g/mol. The van der Waals surface area contributed by atoms with Crippen LogP contribution in [0.15, 0.2) is 55.2 Å². The van der Waals surface area contributed by atoms with Crippen LogP contribution in [0.2, 0.25) is 0 Å². The third-order valence-corrected chi connectivity index (χ3v) is 5.56. The Hall–Kier alpha value is -3.68. The van der Waals surface area contributed by atoms with Crippen LogP contribution in [-0.2, 0) is 18.4 Å². The van der Waals surface area contributed by atoms with Crippen LogP contribution in [-0.4, -0.2) is 43.4 Å². The molecule has 160 valence electrons. The van der Waals surface area contributed by atoms with Gasteiger partial charge in [0.2, 0.25) is 5.91 Å². The topological polar surface area (TPSA) is 80.3 Å². The minimum absolute atomic E-state index is 0. The number of amides is 1. The highest BCUT2D eigenvalue weighted by molar-refractivity contribution is 5.84. The highest BCUT2D eigenvalue weighted by Gasteiger charge is 2.34. The van der Waals surface area contributed by atoms with Crippen molar-refractivity contribution in [1.82, 2.24) is 29.7 Å². The number of fused-ring (bicyclic) bond motifs is 1. The number of nitrogens with zero attached hydrogens (tertiary/aromatic N) is 6. The monoisotopic (exact) mass is 417 g/mol. The Morgan fingerprint density at radius 1 is 1.13 bits per heavy atom. The zero-order chi connectivity index (χ0) is 20.7. The van der Waals surface area contributed by atoms with E-state index in [4.69, 9.17) is 0 Å². The smallest absolute Gasteiger partial charge is 0.226 e. The first-order valence-electron chi connectivity index (χ1n) is 9.97. The van der Waals surface area contributed by atoms with Gasteiger partial charge in [0.15, 0.2) is 5.82 Å². The van der Waals surface area contributed by atoms with Crippen molar-refractivity contribution in [3.8, 4) is 11.1 Å². The molecule has 1 aliphatic heterocycles. The Balaban J connectivity index is 0.00000231. The Morgan fingerprint density at radius 2 is 1.90 bits per heavy atom. The maximum Gasteiger partial charge on any atom is 0.226 e. The molecule has 0 radical (unpaired) electrons. The molecule has 1 fully saturated rings. The number of carbonyl (C=O) groups excluding carboxylic acids is 1. The summed E-state index contributed by atoms with van der Waals surface area (Å²) in [7, 11) is 1.90. The first kappa shape index (κ1) is 20.6. The first-order chi connectivity index (χ1) is 14.6. The molecule has 0 unspecified atom stereocenters. The van der Waals surface area contributed by atoms with Gasteiger partial charge >= 0.3 is 0 Å². The number of aryl methyl sites for hydroxylation is 2. The molecule has 1 aliphatic rings. The van der Waals surface area contributed by atoms with Crippen LogP contribution in [0.1, 0.15) is 18.6 Å². The van der Waals surface area contributed by atoms with Gasteiger partial charge in [-0.15, -0.1) is 0 Å². The van der Waals surface area contributed by atoms with E-state index in [1.165, 1.54) is 5.56 Å². The highest BCUT2D eigenvalue weighted by Crippen LogP contribution is 2.30. The predicted octanol–water partition coefficient (Wildman–Crippen LogP) is 2.83.